The third-order valence-electron chi connectivity index (χ3n) is 5.52. The van der Waals surface area contributed by atoms with Crippen LogP contribution < -0.4 is 4.74 Å². The van der Waals surface area contributed by atoms with E-state index in [2.05, 4.69) is 6.07 Å². The van der Waals surface area contributed by atoms with Gasteiger partial charge in [0.05, 0.1) is 5.69 Å². The molecule has 1 heterocycles. The highest BCUT2D eigenvalue weighted by atomic mass is 32.2. The Morgan fingerprint density at radius 2 is 1.88 bits per heavy atom. The van der Waals surface area contributed by atoms with E-state index in [1.54, 1.807) is 35.2 Å². The van der Waals surface area contributed by atoms with Gasteiger partial charge in [0.2, 0.25) is 0 Å². The molecule has 166 valence electrons. The molecule has 1 aliphatic carbocycles. The van der Waals surface area contributed by atoms with E-state index in [0.717, 1.165) is 56.4 Å². The maximum Gasteiger partial charge on any atom is 0.341 e. The second kappa shape index (κ2) is 9.37. The molecule has 0 radical (unpaired) electrons. The molecule has 0 atom stereocenters. The van der Waals surface area contributed by atoms with Crippen LogP contribution in [0.1, 0.15) is 16.0 Å². The molecule has 0 saturated carbocycles. The monoisotopic (exact) mass is 477 g/mol. The van der Waals surface area contributed by atoms with Crippen molar-refractivity contribution in [2.45, 2.75) is 22.9 Å². The number of thioether (sulfide) groups is 1. The lowest BCUT2D eigenvalue weighted by Gasteiger charge is -2.18. The predicted molar refractivity (Wildman–Crippen MR) is 129 cm³/mol. The molecule has 33 heavy (non-hydrogen) atoms. The van der Waals surface area contributed by atoms with Crippen LogP contribution in [-0.4, -0.2) is 22.7 Å². The SMILES string of the molecule is O=C(O)COc1cccc2c1CCc1sc(SCc3ccccc3-c3cccc(F)c3)nc1-2. The molecule has 0 unspecified atom stereocenters. The number of ether oxygens (including phenoxy) is 1. The largest absolute Gasteiger partial charge is 0.482 e. The van der Waals surface area contributed by atoms with E-state index in [1.807, 2.05) is 42.5 Å². The van der Waals surface area contributed by atoms with Crippen molar-refractivity contribution in [3.8, 4) is 28.1 Å². The first-order valence-corrected chi connectivity index (χ1v) is 12.3. The lowest BCUT2D eigenvalue weighted by atomic mass is 9.93. The molecule has 1 aromatic heterocycles. The number of carbonyl (C=O) groups is 1. The van der Waals surface area contributed by atoms with Gasteiger partial charge in [0.1, 0.15) is 11.6 Å². The van der Waals surface area contributed by atoms with E-state index in [1.165, 1.54) is 10.9 Å². The van der Waals surface area contributed by atoms with Crippen LogP contribution in [0.25, 0.3) is 22.4 Å². The predicted octanol–water partition coefficient (Wildman–Crippen LogP) is 6.47. The van der Waals surface area contributed by atoms with Gasteiger partial charge in [0.15, 0.2) is 10.9 Å². The average molecular weight is 478 g/mol. The molecule has 0 saturated heterocycles. The fourth-order valence-electron chi connectivity index (χ4n) is 4.05. The minimum absolute atomic E-state index is 0.243. The second-order valence-electron chi connectivity index (χ2n) is 7.67. The van der Waals surface area contributed by atoms with E-state index in [0.29, 0.717) is 5.75 Å². The van der Waals surface area contributed by atoms with Crippen LogP contribution in [0, 0.1) is 5.82 Å². The summed E-state index contributed by atoms with van der Waals surface area (Å²) in [6.45, 7) is -0.355. The van der Waals surface area contributed by atoms with Crippen LogP contribution in [-0.2, 0) is 23.4 Å². The lowest BCUT2D eigenvalue weighted by molar-refractivity contribution is -0.139. The van der Waals surface area contributed by atoms with Crippen molar-refractivity contribution in [2.75, 3.05) is 6.61 Å². The summed E-state index contributed by atoms with van der Waals surface area (Å²) in [5, 5.41) is 8.94. The second-order valence-corrected chi connectivity index (χ2v) is 9.98. The van der Waals surface area contributed by atoms with Crippen LogP contribution in [0.3, 0.4) is 0 Å². The van der Waals surface area contributed by atoms with Gasteiger partial charge < -0.3 is 9.84 Å². The normalized spacial score (nSPS) is 12.2. The molecule has 1 N–H and O–H groups in total. The summed E-state index contributed by atoms with van der Waals surface area (Å²) in [4.78, 5) is 17.1. The fourth-order valence-corrected chi connectivity index (χ4v) is 6.26. The van der Waals surface area contributed by atoms with E-state index in [9.17, 15) is 9.18 Å². The Hall–Kier alpha value is -3.16. The Morgan fingerprint density at radius 3 is 2.73 bits per heavy atom. The number of rotatable bonds is 7. The van der Waals surface area contributed by atoms with Crippen molar-refractivity contribution in [2.24, 2.45) is 0 Å². The molecule has 4 nitrogen and oxygen atoms in total. The molecular formula is C26H20FNO3S2. The highest BCUT2D eigenvalue weighted by Crippen LogP contribution is 2.43. The van der Waals surface area contributed by atoms with Gasteiger partial charge in [-0.05, 0) is 47.7 Å². The maximum absolute atomic E-state index is 13.8. The van der Waals surface area contributed by atoms with Crippen molar-refractivity contribution in [1.29, 1.82) is 0 Å². The van der Waals surface area contributed by atoms with Crippen LogP contribution in [0.4, 0.5) is 4.39 Å². The number of aliphatic carboxylic acids is 1. The quantitative estimate of drug-likeness (QED) is 0.309. The van der Waals surface area contributed by atoms with E-state index in [4.69, 9.17) is 14.8 Å². The van der Waals surface area contributed by atoms with Crippen molar-refractivity contribution in [3.63, 3.8) is 0 Å². The van der Waals surface area contributed by atoms with Gasteiger partial charge in [-0.25, -0.2) is 14.2 Å². The van der Waals surface area contributed by atoms with Crippen molar-refractivity contribution in [1.82, 2.24) is 4.98 Å². The van der Waals surface area contributed by atoms with Crippen molar-refractivity contribution in [3.05, 3.63) is 88.6 Å². The van der Waals surface area contributed by atoms with Gasteiger partial charge in [-0.2, -0.15) is 0 Å². The standard InChI is InChI=1S/C26H20FNO3S2/c27-18-7-3-6-16(13-18)19-8-2-1-5-17(19)15-32-26-28-25-21-9-4-10-22(31-14-24(29)30)20(21)11-12-23(25)33-26/h1-10,13H,11-12,14-15H2,(H,29,30). The molecule has 0 bridgehead atoms. The summed E-state index contributed by atoms with van der Waals surface area (Å²) in [7, 11) is 0. The van der Waals surface area contributed by atoms with Gasteiger partial charge in [0, 0.05) is 21.8 Å². The van der Waals surface area contributed by atoms with Crippen LogP contribution in [0.2, 0.25) is 0 Å². The fraction of sp³-hybridized carbons (Fsp3) is 0.154. The minimum Gasteiger partial charge on any atom is -0.482 e. The number of aryl methyl sites for hydroxylation is 1. The molecule has 7 heteroatoms. The number of halogens is 1. The number of hydrogen-bond donors (Lipinski definition) is 1. The Morgan fingerprint density at radius 1 is 1.06 bits per heavy atom. The van der Waals surface area contributed by atoms with E-state index >= 15 is 0 Å². The van der Waals surface area contributed by atoms with Gasteiger partial charge >= 0.3 is 5.97 Å². The zero-order chi connectivity index (χ0) is 22.8. The van der Waals surface area contributed by atoms with Crippen LogP contribution in [0.15, 0.2) is 71.1 Å². The molecule has 3 aromatic carbocycles. The molecule has 1 aliphatic rings. The molecule has 0 amide bonds. The van der Waals surface area contributed by atoms with Gasteiger partial charge in [-0.15, -0.1) is 11.3 Å². The first-order valence-electron chi connectivity index (χ1n) is 10.5. The Kier molecular flexibility index (Phi) is 6.15. The van der Waals surface area contributed by atoms with Crippen LogP contribution in [0.5, 0.6) is 5.75 Å². The molecule has 5 rings (SSSR count). The Labute approximate surface area is 199 Å². The van der Waals surface area contributed by atoms with E-state index < -0.39 is 5.97 Å². The molecule has 0 aliphatic heterocycles. The minimum atomic E-state index is -0.991. The molecule has 0 spiro atoms. The third kappa shape index (κ3) is 4.65. The number of thiazole rings is 1. The number of hydrogen-bond acceptors (Lipinski definition) is 5. The number of nitrogens with zero attached hydrogens (tertiary/aromatic N) is 1. The lowest BCUT2D eigenvalue weighted by Crippen LogP contribution is -2.12. The van der Waals surface area contributed by atoms with Gasteiger partial charge in [-0.3, -0.25) is 0 Å². The molecule has 0 fully saturated rings. The molecule has 4 aromatic rings. The summed E-state index contributed by atoms with van der Waals surface area (Å²) in [6, 6.07) is 20.5. The average Bonchev–Trinajstić information content (AvgIpc) is 3.25. The van der Waals surface area contributed by atoms with Crippen molar-refractivity contribution < 1.29 is 19.0 Å². The smallest absolute Gasteiger partial charge is 0.341 e. The van der Waals surface area contributed by atoms with Gasteiger partial charge in [-0.1, -0.05) is 60.3 Å². The number of carboxylic acids is 1. The third-order valence-corrected chi connectivity index (χ3v) is 7.83. The molecular weight excluding hydrogens is 457 g/mol. The van der Waals surface area contributed by atoms with Crippen molar-refractivity contribution >= 4 is 29.1 Å². The summed E-state index contributed by atoms with van der Waals surface area (Å²) in [6.07, 6.45) is 1.65. The Balaban J connectivity index is 1.38. The number of carboxylic acid groups (broad SMARTS) is 1. The number of aromatic nitrogens is 1. The highest BCUT2D eigenvalue weighted by molar-refractivity contribution is 8.00. The summed E-state index contributed by atoms with van der Waals surface area (Å²) in [5.74, 6) is 0.114. The zero-order valence-electron chi connectivity index (χ0n) is 17.6. The van der Waals surface area contributed by atoms with Gasteiger partial charge in [0.25, 0.3) is 0 Å². The summed E-state index contributed by atoms with van der Waals surface area (Å²) in [5.41, 5.74) is 6.02. The number of benzene rings is 3. The number of fused-ring (bicyclic) bond motifs is 3. The topological polar surface area (TPSA) is 59.4 Å². The highest BCUT2D eigenvalue weighted by Gasteiger charge is 2.24. The summed E-state index contributed by atoms with van der Waals surface area (Å²) < 4.78 is 20.2. The van der Waals surface area contributed by atoms with E-state index in [-0.39, 0.29) is 12.4 Å². The Bertz CT molecular complexity index is 1330. The maximum atomic E-state index is 13.8. The first-order chi connectivity index (χ1) is 16.1. The van der Waals surface area contributed by atoms with Crippen LogP contribution >= 0.6 is 23.1 Å². The first kappa shape index (κ1) is 21.7. The zero-order valence-corrected chi connectivity index (χ0v) is 19.2. The summed E-state index contributed by atoms with van der Waals surface area (Å²) >= 11 is 3.38.